The van der Waals surface area contributed by atoms with Crippen molar-refractivity contribution in [3.8, 4) is 0 Å². The molecular weight excluding hydrogens is 438 g/mol. The molecule has 2 heterocycles. The molecule has 8 heteroatoms. The minimum Gasteiger partial charge on any atom is -0.360 e. The van der Waals surface area contributed by atoms with Crippen molar-refractivity contribution in [3.63, 3.8) is 0 Å². The van der Waals surface area contributed by atoms with Gasteiger partial charge in [0, 0.05) is 19.0 Å². The van der Waals surface area contributed by atoms with Crippen LogP contribution in [-0.4, -0.2) is 36.9 Å². The number of carbonyl (C=O) groups is 1. The smallest absolute Gasteiger partial charge is 0.248 e. The van der Waals surface area contributed by atoms with Gasteiger partial charge in [-0.25, -0.2) is 8.42 Å². The summed E-state index contributed by atoms with van der Waals surface area (Å²) in [4.78, 5) is 13.2. The van der Waals surface area contributed by atoms with Crippen molar-refractivity contribution in [3.05, 3.63) is 46.8 Å². The third-order valence-corrected chi connectivity index (χ3v) is 8.48. The van der Waals surface area contributed by atoms with Gasteiger partial charge in [0.25, 0.3) is 0 Å². The number of nitrogens with one attached hydrogen (secondary N) is 1. The number of aryl methyl sites for hydroxylation is 2. The van der Waals surface area contributed by atoms with Gasteiger partial charge in [-0.1, -0.05) is 57.1 Å². The summed E-state index contributed by atoms with van der Waals surface area (Å²) in [7, 11) is -3.68. The number of hydrogen-bond donors (Lipinski definition) is 1. The Labute approximate surface area is 198 Å². The van der Waals surface area contributed by atoms with Crippen LogP contribution in [0.25, 0.3) is 0 Å². The fourth-order valence-corrected chi connectivity index (χ4v) is 6.33. The van der Waals surface area contributed by atoms with Gasteiger partial charge in [0.15, 0.2) is 5.76 Å². The van der Waals surface area contributed by atoms with Crippen molar-refractivity contribution < 1.29 is 17.7 Å². The monoisotopic (exact) mass is 475 g/mol. The first-order valence-electron chi connectivity index (χ1n) is 11.8. The molecular formula is C25H37N3O4S. The lowest BCUT2D eigenvalue weighted by atomic mass is 9.91. The number of benzene rings is 1. The van der Waals surface area contributed by atoms with E-state index in [0.717, 1.165) is 12.0 Å². The van der Waals surface area contributed by atoms with E-state index >= 15 is 0 Å². The first-order chi connectivity index (χ1) is 15.5. The highest BCUT2D eigenvalue weighted by molar-refractivity contribution is 7.89. The van der Waals surface area contributed by atoms with Crippen LogP contribution >= 0.6 is 0 Å². The molecule has 0 spiro atoms. The maximum absolute atomic E-state index is 13.1. The van der Waals surface area contributed by atoms with Crippen LogP contribution in [0.5, 0.6) is 0 Å². The summed E-state index contributed by atoms with van der Waals surface area (Å²) in [6.07, 6.45) is 2.02. The number of nitrogens with zero attached hydrogens (tertiary/aromatic N) is 2. The van der Waals surface area contributed by atoms with E-state index in [1.807, 2.05) is 0 Å². The van der Waals surface area contributed by atoms with Crippen LogP contribution in [0.3, 0.4) is 0 Å². The van der Waals surface area contributed by atoms with Gasteiger partial charge in [-0.2, -0.15) is 4.31 Å². The van der Waals surface area contributed by atoms with Gasteiger partial charge in [0.2, 0.25) is 15.9 Å². The molecule has 3 rings (SSSR count). The Hall–Kier alpha value is -2.19. The molecule has 0 saturated carbocycles. The molecule has 1 aliphatic rings. The first kappa shape index (κ1) is 25.4. The number of aromatic nitrogens is 1. The van der Waals surface area contributed by atoms with Crippen LogP contribution in [0.2, 0.25) is 0 Å². The summed E-state index contributed by atoms with van der Waals surface area (Å²) in [6, 6.07) is 8.45. The molecule has 0 aliphatic carbocycles. The number of sulfonamides is 1. The molecule has 1 atom stereocenters. The Morgan fingerprint density at radius 3 is 2.21 bits per heavy atom. The predicted octanol–water partition coefficient (Wildman–Crippen LogP) is 4.40. The van der Waals surface area contributed by atoms with E-state index in [-0.39, 0.29) is 28.7 Å². The second kappa shape index (κ2) is 10.4. The molecule has 1 saturated heterocycles. The van der Waals surface area contributed by atoms with E-state index < -0.39 is 10.0 Å². The third-order valence-electron chi connectivity index (χ3n) is 6.34. The van der Waals surface area contributed by atoms with Crippen molar-refractivity contribution in [2.45, 2.75) is 71.7 Å². The van der Waals surface area contributed by atoms with Crippen LogP contribution in [0.4, 0.5) is 0 Å². The van der Waals surface area contributed by atoms with Crippen molar-refractivity contribution in [2.24, 2.45) is 17.8 Å². The largest absolute Gasteiger partial charge is 0.360 e. The van der Waals surface area contributed by atoms with E-state index in [0.29, 0.717) is 43.3 Å². The number of carbonyl (C=O) groups excluding carboxylic acids is 1. The average Bonchev–Trinajstić information content (AvgIpc) is 3.10. The highest BCUT2D eigenvalue weighted by Crippen LogP contribution is 2.29. The van der Waals surface area contributed by atoms with Gasteiger partial charge in [0.1, 0.15) is 10.6 Å². The third kappa shape index (κ3) is 5.84. The number of piperidine rings is 1. The Kier molecular flexibility index (Phi) is 8.00. The Morgan fingerprint density at radius 2 is 1.73 bits per heavy atom. The number of amides is 1. The molecule has 1 aromatic carbocycles. The number of rotatable bonds is 8. The standard InChI is InChI=1S/C25H37N3O4S/c1-16(2)15-20-7-9-21(10-8-20)23(17(3)4)26-25(29)22-11-13-28(14-12-22)33(30,31)24-18(5)27-32-19(24)6/h7-10,16-17,22-23H,11-15H2,1-6H3,(H,26,29)/t23-/m0/s1. The highest BCUT2D eigenvalue weighted by Gasteiger charge is 2.36. The summed E-state index contributed by atoms with van der Waals surface area (Å²) in [5.41, 5.74) is 2.77. The van der Waals surface area contributed by atoms with Crippen molar-refractivity contribution in [1.82, 2.24) is 14.8 Å². The highest BCUT2D eigenvalue weighted by atomic mass is 32.2. The maximum Gasteiger partial charge on any atom is 0.248 e. The second-order valence-corrected chi connectivity index (χ2v) is 11.8. The van der Waals surface area contributed by atoms with Crippen LogP contribution in [0.15, 0.2) is 33.7 Å². The Balaban J connectivity index is 1.63. The van der Waals surface area contributed by atoms with Crippen LogP contribution in [-0.2, 0) is 21.2 Å². The van der Waals surface area contributed by atoms with Gasteiger partial charge >= 0.3 is 0 Å². The van der Waals surface area contributed by atoms with Crippen molar-refractivity contribution in [2.75, 3.05) is 13.1 Å². The van der Waals surface area contributed by atoms with E-state index in [2.05, 4.69) is 62.4 Å². The zero-order valence-electron chi connectivity index (χ0n) is 20.6. The minimum absolute atomic E-state index is 0.00524. The normalized spacial score (nSPS) is 17.0. The zero-order chi connectivity index (χ0) is 24.3. The van der Waals surface area contributed by atoms with Gasteiger partial charge < -0.3 is 9.84 Å². The van der Waals surface area contributed by atoms with E-state index in [4.69, 9.17) is 4.52 Å². The maximum atomic E-state index is 13.1. The zero-order valence-corrected chi connectivity index (χ0v) is 21.4. The number of hydrogen-bond acceptors (Lipinski definition) is 5. The topological polar surface area (TPSA) is 92.5 Å². The molecule has 1 amide bonds. The molecule has 1 aliphatic heterocycles. The molecule has 2 aromatic rings. The molecule has 7 nitrogen and oxygen atoms in total. The molecule has 1 aromatic heterocycles. The van der Waals surface area contributed by atoms with E-state index in [1.54, 1.807) is 13.8 Å². The Morgan fingerprint density at radius 1 is 1.12 bits per heavy atom. The first-order valence-corrected chi connectivity index (χ1v) is 13.3. The molecule has 33 heavy (non-hydrogen) atoms. The fraction of sp³-hybridized carbons (Fsp3) is 0.600. The Bertz CT molecular complexity index is 1030. The van der Waals surface area contributed by atoms with Crippen LogP contribution in [0.1, 0.15) is 69.2 Å². The van der Waals surface area contributed by atoms with Crippen LogP contribution < -0.4 is 5.32 Å². The van der Waals surface area contributed by atoms with Gasteiger partial charge in [-0.3, -0.25) is 4.79 Å². The van der Waals surface area contributed by atoms with Gasteiger partial charge in [-0.05, 0) is 56.1 Å². The lowest BCUT2D eigenvalue weighted by Crippen LogP contribution is -2.44. The molecule has 1 fully saturated rings. The molecule has 0 radical (unpaired) electrons. The van der Waals surface area contributed by atoms with Crippen LogP contribution in [0, 0.1) is 31.6 Å². The summed E-state index contributed by atoms with van der Waals surface area (Å²) >= 11 is 0. The van der Waals surface area contributed by atoms with E-state index in [1.165, 1.54) is 9.87 Å². The minimum atomic E-state index is -3.68. The van der Waals surface area contributed by atoms with E-state index in [9.17, 15) is 13.2 Å². The average molecular weight is 476 g/mol. The van der Waals surface area contributed by atoms with Gasteiger partial charge in [0.05, 0.1) is 6.04 Å². The lowest BCUT2D eigenvalue weighted by Gasteiger charge is -2.32. The molecule has 1 N–H and O–H groups in total. The molecule has 0 bridgehead atoms. The fourth-order valence-electron chi connectivity index (χ4n) is 4.57. The summed E-state index contributed by atoms with van der Waals surface area (Å²) in [6.45, 7) is 12.5. The SMILES string of the molecule is Cc1noc(C)c1S(=O)(=O)N1CCC(C(=O)N[C@H](c2ccc(CC(C)C)cc2)C(C)C)CC1. The summed E-state index contributed by atoms with van der Waals surface area (Å²) < 4.78 is 32.6. The summed E-state index contributed by atoms with van der Waals surface area (Å²) in [5, 5.41) is 7.00. The summed E-state index contributed by atoms with van der Waals surface area (Å²) in [5.74, 6) is 0.928. The van der Waals surface area contributed by atoms with Crippen molar-refractivity contribution in [1.29, 1.82) is 0 Å². The van der Waals surface area contributed by atoms with Crippen molar-refractivity contribution >= 4 is 15.9 Å². The second-order valence-electron chi connectivity index (χ2n) is 9.90. The molecule has 0 unspecified atom stereocenters. The lowest BCUT2D eigenvalue weighted by molar-refractivity contribution is -0.127. The predicted molar refractivity (Wildman–Crippen MR) is 128 cm³/mol. The quantitative estimate of drug-likeness (QED) is 0.611. The van der Waals surface area contributed by atoms with Gasteiger partial charge in [-0.15, -0.1) is 0 Å². The molecule has 182 valence electrons.